The standard InChI is InChI=1S/C16H20O3/c17-15-10-6-5-7-13(15)11-12-16(18)19-14-8-3-1-2-4-9-14/h5-7,10-12,14,17H,1-4,8-9H2/b12-11+. The third kappa shape index (κ3) is 4.43. The summed E-state index contributed by atoms with van der Waals surface area (Å²) in [5.41, 5.74) is 0.625. The first-order chi connectivity index (χ1) is 9.25. The highest BCUT2D eigenvalue weighted by Crippen LogP contribution is 2.20. The Morgan fingerprint density at radius 1 is 1.16 bits per heavy atom. The van der Waals surface area contributed by atoms with Gasteiger partial charge in [-0.2, -0.15) is 0 Å². The van der Waals surface area contributed by atoms with Gasteiger partial charge >= 0.3 is 5.97 Å². The third-order valence-electron chi connectivity index (χ3n) is 3.42. The molecule has 1 aliphatic rings. The third-order valence-corrected chi connectivity index (χ3v) is 3.42. The number of phenols is 1. The van der Waals surface area contributed by atoms with Crippen LogP contribution in [0.4, 0.5) is 0 Å². The van der Waals surface area contributed by atoms with E-state index >= 15 is 0 Å². The molecule has 1 aromatic carbocycles. The summed E-state index contributed by atoms with van der Waals surface area (Å²) in [5.74, 6) is -0.156. The summed E-state index contributed by atoms with van der Waals surface area (Å²) in [4.78, 5) is 11.7. The van der Waals surface area contributed by atoms with Crippen LogP contribution in [0.5, 0.6) is 5.75 Å². The van der Waals surface area contributed by atoms with E-state index < -0.39 is 0 Å². The van der Waals surface area contributed by atoms with Crippen molar-refractivity contribution in [1.29, 1.82) is 0 Å². The highest BCUT2D eigenvalue weighted by molar-refractivity contribution is 5.87. The summed E-state index contributed by atoms with van der Waals surface area (Å²) >= 11 is 0. The van der Waals surface area contributed by atoms with E-state index in [9.17, 15) is 9.90 Å². The summed E-state index contributed by atoms with van der Waals surface area (Å²) in [6, 6.07) is 6.91. The molecule has 1 N–H and O–H groups in total. The van der Waals surface area contributed by atoms with Gasteiger partial charge < -0.3 is 9.84 Å². The Labute approximate surface area is 113 Å². The molecule has 19 heavy (non-hydrogen) atoms. The quantitative estimate of drug-likeness (QED) is 0.512. The maximum absolute atomic E-state index is 11.7. The van der Waals surface area contributed by atoms with Crippen molar-refractivity contribution in [3.8, 4) is 5.75 Å². The van der Waals surface area contributed by atoms with Crippen molar-refractivity contribution in [2.24, 2.45) is 0 Å². The first-order valence-electron chi connectivity index (χ1n) is 6.92. The van der Waals surface area contributed by atoms with E-state index in [-0.39, 0.29) is 17.8 Å². The van der Waals surface area contributed by atoms with Crippen molar-refractivity contribution < 1.29 is 14.6 Å². The largest absolute Gasteiger partial charge is 0.507 e. The van der Waals surface area contributed by atoms with Crippen LogP contribution in [0, 0.1) is 0 Å². The Balaban J connectivity index is 1.88. The van der Waals surface area contributed by atoms with Crippen molar-refractivity contribution >= 4 is 12.0 Å². The van der Waals surface area contributed by atoms with Crippen LogP contribution in [-0.2, 0) is 9.53 Å². The van der Waals surface area contributed by atoms with E-state index in [0.717, 1.165) is 25.7 Å². The zero-order valence-electron chi connectivity index (χ0n) is 11.0. The fraction of sp³-hybridized carbons (Fsp3) is 0.438. The number of esters is 1. The molecule has 3 heteroatoms. The van der Waals surface area contributed by atoms with Gasteiger partial charge in [-0.3, -0.25) is 0 Å². The lowest BCUT2D eigenvalue weighted by atomic mass is 10.1. The van der Waals surface area contributed by atoms with E-state index in [4.69, 9.17) is 4.74 Å². The number of ether oxygens (including phenoxy) is 1. The smallest absolute Gasteiger partial charge is 0.331 e. The summed E-state index contributed by atoms with van der Waals surface area (Å²) < 4.78 is 5.43. The molecule has 0 aromatic heterocycles. The van der Waals surface area contributed by atoms with Crippen LogP contribution in [0.15, 0.2) is 30.3 Å². The molecule has 1 saturated carbocycles. The van der Waals surface area contributed by atoms with E-state index in [1.54, 1.807) is 24.3 Å². The van der Waals surface area contributed by atoms with E-state index in [2.05, 4.69) is 0 Å². The molecule has 1 fully saturated rings. The van der Waals surface area contributed by atoms with Crippen LogP contribution in [-0.4, -0.2) is 17.2 Å². The van der Waals surface area contributed by atoms with Crippen LogP contribution in [0.3, 0.4) is 0 Å². The molecule has 1 aromatic rings. The molecule has 2 rings (SSSR count). The fourth-order valence-electron chi connectivity index (χ4n) is 2.35. The minimum absolute atomic E-state index is 0.0593. The molecule has 0 spiro atoms. The Bertz CT molecular complexity index is 443. The zero-order valence-corrected chi connectivity index (χ0v) is 11.0. The predicted molar refractivity (Wildman–Crippen MR) is 74.7 cm³/mol. The van der Waals surface area contributed by atoms with Crippen LogP contribution in [0.2, 0.25) is 0 Å². The lowest BCUT2D eigenvalue weighted by Crippen LogP contribution is -2.15. The molecule has 0 radical (unpaired) electrons. The molecule has 3 nitrogen and oxygen atoms in total. The van der Waals surface area contributed by atoms with Crippen LogP contribution >= 0.6 is 0 Å². The number of benzene rings is 1. The molecule has 0 bridgehead atoms. The van der Waals surface area contributed by atoms with Crippen molar-refractivity contribution in [3.05, 3.63) is 35.9 Å². The SMILES string of the molecule is O=C(/C=C/c1ccccc1O)OC1CCCCCC1. The van der Waals surface area contributed by atoms with Gasteiger partial charge in [0, 0.05) is 11.6 Å². The van der Waals surface area contributed by atoms with Gasteiger partial charge in [-0.15, -0.1) is 0 Å². The van der Waals surface area contributed by atoms with Gasteiger partial charge in [-0.05, 0) is 37.8 Å². The van der Waals surface area contributed by atoms with Gasteiger partial charge in [0.15, 0.2) is 0 Å². The zero-order chi connectivity index (χ0) is 13.5. The summed E-state index contributed by atoms with van der Waals surface area (Å²) in [7, 11) is 0. The van der Waals surface area contributed by atoms with Gasteiger partial charge in [-0.25, -0.2) is 4.79 Å². The minimum atomic E-state index is -0.324. The van der Waals surface area contributed by atoms with E-state index in [1.165, 1.54) is 18.9 Å². The van der Waals surface area contributed by atoms with E-state index in [0.29, 0.717) is 5.56 Å². The lowest BCUT2D eigenvalue weighted by Gasteiger charge is -2.13. The molecule has 0 atom stereocenters. The second-order valence-corrected chi connectivity index (χ2v) is 4.94. The molecule has 0 amide bonds. The van der Waals surface area contributed by atoms with Gasteiger partial charge in [0.25, 0.3) is 0 Å². The van der Waals surface area contributed by atoms with Gasteiger partial charge in [0.05, 0.1) is 0 Å². The average molecular weight is 260 g/mol. The monoisotopic (exact) mass is 260 g/mol. The number of phenolic OH excluding ortho intramolecular Hbond substituents is 1. The van der Waals surface area contributed by atoms with Crippen LogP contribution < -0.4 is 0 Å². The maximum Gasteiger partial charge on any atom is 0.331 e. The Morgan fingerprint density at radius 2 is 1.84 bits per heavy atom. The summed E-state index contributed by atoms with van der Waals surface area (Å²) in [6.45, 7) is 0. The molecule has 1 aliphatic carbocycles. The molecule has 0 aliphatic heterocycles. The molecule has 0 heterocycles. The Kier molecular flexibility index (Phi) is 5.01. The van der Waals surface area contributed by atoms with Crippen molar-refractivity contribution in [2.75, 3.05) is 0 Å². The maximum atomic E-state index is 11.7. The van der Waals surface area contributed by atoms with Crippen molar-refractivity contribution in [2.45, 2.75) is 44.6 Å². The number of hydrogen-bond donors (Lipinski definition) is 1. The molecule has 102 valence electrons. The second kappa shape index (κ2) is 6.98. The summed E-state index contributed by atoms with van der Waals surface area (Å²) in [6.07, 6.45) is 9.73. The lowest BCUT2D eigenvalue weighted by molar-refractivity contribution is -0.143. The first kappa shape index (κ1) is 13.7. The van der Waals surface area contributed by atoms with Gasteiger partial charge in [-0.1, -0.05) is 31.0 Å². The number of hydrogen-bond acceptors (Lipinski definition) is 3. The topological polar surface area (TPSA) is 46.5 Å². The number of aromatic hydroxyl groups is 1. The van der Waals surface area contributed by atoms with Crippen LogP contribution in [0.1, 0.15) is 44.1 Å². The number of carbonyl (C=O) groups excluding carboxylic acids is 1. The fourth-order valence-corrected chi connectivity index (χ4v) is 2.35. The van der Waals surface area contributed by atoms with Gasteiger partial charge in [0.2, 0.25) is 0 Å². The Morgan fingerprint density at radius 3 is 2.53 bits per heavy atom. The minimum Gasteiger partial charge on any atom is -0.507 e. The predicted octanol–water partition coefficient (Wildman–Crippen LogP) is 3.67. The molecule has 0 unspecified atom stereocenters. The van der Waals surface area contributed by atoms with E-state index in [1.807, 2.05) is 6.07 Å². The highest BCUT2D eigenvalue weighted by Gasteiger charge is 2.15. The molecular formula is C16H20O3. The second-order valence-electron chi connectivity index (χ2n) is 4.94. The average Bonchev–Trinajstić information content (AvgIpc) is 2.66. The first-order valence-corrected chi connectivity index (χ1v) is 6.92. The summed E-state index contributed by atoms with van der Waals surface area (Å²) in [5, 5.41) is 9.58. The number of para-hydroxylation sites is 1. The highest BCUT2D eigenvalue weighted by atomic mass is 16.5. The normalized spacial score (nSPS) is 17.3. The van der Waals surface area contributed by atoms with Crippen molar-refractivity contribution in [1.82, 2.24) is 0 Å². The Hall–Kier alpha value is -1.77. The molecule has 0 saturated heterocycles. The van der Waals surface area contributed by atoms with Crippen molar-refractivity contribution in [3.63, 3.8) is 0 Å². The number of carbonyl (C=O) groups is 1. The molecular weight excluding hydrogens is 240 g/mol. The number of rotatable bonds is 3. The van der Waals surface area contributed by atoms with Gasteiger partial charge in [0.1, 0.15) is 11.9 Å². The van der Waals surface area contributed by atoms with Crippen LogP contribution in [0.25, 0.3) is 6.08 Å².